The van der Waals surface area contributed by atoms with E-state index >= 15 is 0 Å². The molecule has 4 nitrogen and oxygen atoms in total. The number of nitrogens with zero attached hydrogens (tertiary/aromatic N) is 1. The van der Waals surface area contributed by atoms with Gasteiger partial charge in [0.2, 0.25) is 0 Å². The predicted molar refractivity (Wildman–Crippen MR) is 227 cm³/mol. The summed E-state index contributed by atoms with van der Waals surface area (Å²) in [4.78, 5) is 24.2. The van der Waals surface area contributed by atoms with E-state index < -0.39 is 0 Å². The Morgan fingerprint density at radius 2 is 1.65 bits per heavy atom. The van der Waals surface area contributed by atoms with Crippen molar-refractivity contribution < 1.29 is 14.3 Å². The summed E-state index contributed by atoms with van der Waals surface area (Å²) in [5.41, 5.74) is 10.3. The summed E-state index contributed by atoms with van der Waals surface area (Å²) in [6, 6.07) is 3.19. The Hall–Kier alpha value is -1.94. The average Bonchev–Trinajstić information content (AvgIpc) is 3.69. The zero-order valence-corrected chi connectivity index (χ0v) is 37.9. The molecule has 0 N–H and O–H groups in total. The van der Waals surface area contributed by atoms with Crippen LogP contribution in [0.15, 0.2) is 6.07 Å². The number of benzene rings is 1. The minimum atomic E-state index is -0.175. The van der Waals surface area contributed by atoms with Crippen molar-refractivity contribution in [3.05, 3.63) is 34.0 Å². The third kappa shape index (κ3) is 5.03. The van der Waals surface area contributed by atoms with Gasteiger partial charge in [-0.15, -0.1) is 0 Å². The Labute approximate surface area is 335 Å². The Balaban J connectivity index is 1.31. The summed E-state index contributed by atoms with van der Waals surface area (Å²) in [7, 11) is 0. The van der Waals surface area contributed by atoms with Gasteiger partial charge in [-0.1, -0.05) is 76.2 Å². The molecule has 11 atom stereocenters. The molecule has 0 radical (unpaired) electrons. The van der Waals surface area contributed by atoms with Crippen molar-refractivity contribution in [2.75, 3.05) is 0 Å². The average molecular weight is 752 g/mol. The van der Waals surface area contributed by atoms with Crippen molar-refractivity contribution in [3.63, 3.8) is 0 Å². The maximum atomic E-state index is 12.6. The molecule has 2 aromatic rings. The van der Waals surface area contributed by atoms with Gasteiger partial charge in [0, 0.05) is 46.2 Å². The van der Waals surface area contributed by atoms with Crippen molar-refractivity contribution >= 4 is 23.0 Å². The quantitative estimate of drug-likeness (QED) is 0.252. The zero-order valence-electron chi connectivity index (χ0n) is 37.9. The lowest BCUT2D eigenvalue weighted by Crippen LogP contribution is -2.63. The summed E-state index contributed by atoms with van der Waals surface area (Å²) in [6.07, 6.45) is 10.7. The number of hydrogen-bond acceptors (Lipinski definition) is 3. The van der Waals surface area contributed by atoms with Crippen LogP contribution in [0.4, 0.5) is 0 Å². The molecular weight excluding hydrogens is 675 g/mol. The monoisotopic (exact) mass is 752 g/mol. The first-order chi connectivity index (χ1) is 25.3. The van der Waals surface area contributed by atoms with Gasteiger partial charge in [-0.3, -0.25) is 4.79 Å². The highest BCUT2D eigenvalue weighted by atomic mass is 16.5. The van der Waals surface area contributed by atoms with Gasteiger partial charge in [-0.2, -0.15) is 0 Å². The lowest BCUT2D eigenvalue weighted by molar-refractivity contribution is -0.193. The summed E-state index contributed by atoms with van der Waals surface area (Å²) >= 11 is 0. The van der Waals surface area contributed by atoms with Gasteiger partial charge in [0.1, 0.15) is 12.1 Å². The molecular formula is C51H77NO3. The molecule has 11 unspecified atom stereocenters. The molecule has 6 aliphatic rings. The van der Waals surface area contributed by atoms with Crippen molar-refractivity contribution in [3.8, 4) is 0 Å². The Bertz CT molecular complexity index is 1940. The third-order valence-corrected chi connectivity index (χ3v) is 19.2. The first-order valence-corrected chi connectivity index (χ1v) is 22.7. The number of ketones is 1. The first-order valence-electron chi connectivity index (χ1n) is 22.7. The van der Waals surface area contributed by atoms with Gasteiger partial charge < -0.3 is 14.1 Å². The van der Waals surface area contributed by atoms with Crippen LogP contribution >= 0.6 is 0 Å². The number of fused-ring (bicyclic) bond motifs is 11. The Morgan fingerprint density at radius 1 is 0.982 bits per heavy atom. The Morgan fingerprint density at radius 3 is 2.27 bits per heavy atom. The van der Waals surface area contributed by atoms with Crippen molar-refractivity contribution in [2.45, 2.75) is 208 Å². The first kappa shape index (κ1) is 39.9. The fourth-order valence-electron chi connectivity index (χ4n) is 16.9. The van der Waals surface area contributed by atoms with Gasteiger partial charge in [0.25, 0.3) is 0 Å². The van der Waals surface area contributed by atoms with Crippen LogP contribution in [0, 0.1) is 51.8 Å². The highest BCUT2D eigenvalue weighted by Gasteiger charge is 2.69. The van der Waals surface area contributed by atoms with E-state index in [1.54, 1.807) is 45.8 Å². The molecule has 304 valence electrons. The van der Waals surface area contributed by atoms with Crippen molar-refractivity contribution in [1.82, 2.24) is 4.57 Å². The van der Waals surface area contributed by atoms with Crippen LogP contribution in [0.5, 0.6) is 0 Å². The highest BCUT2D eigenvalue weighted by molar-refractivity contribution is 5.95. The van der Waals surface area contributed by atoms with E-state index in [2.05, 4.69) is 114 Å². The fraction of sp³-hybridized carbons (Fsp3) is 0.804. The highest BCUT2D eigenvalue weighted by Crippen LogP contribution is 2.75. The third-order valence-electron chi connectivity index (χ3n) is 19.2. The van der Waals surface area contributed by atoms with Crippen molar-refractivity contribution in [2.24, 2.45) is 51.8 Å². The van der Waals surface area contributed by atoms with E-state index in [1.807, 2.05) is 0 Å². The van der Waals surface area contributed by atoms with E-state index in [0.29, 0.717) is 53.9 Å². The second-order valence-corrected chi connectivity index (χ2v) is 24.1. The van der Waals surface area contributed by atoms with E-state index in [1.165, 1.54) is 32.1 Å². The summed E-state index contributed by atoms with van der Waals surface area (Å²) in [6.45, 7) is 39.5. The molecule has 3 heterocycles. The van der Waals surface area contributed by atoms with E-state index in [0.717, 1.165) is 25.5 Å². The molecule has 8 rings (SSSR count). The molecule has 0 amide bonds. The summed E-state index contributed by atoms with van der Waals surface area (Å²) < 4.78 is 9.95. The lowest BCUT2D eigenvalue weighted by Gasteiger charge is -2.68. The molecule has 0 spiro atoms. The summed E-state index contributed by atoms with van der Waals surface area (Å²) in [5, 5.41) is 1.60. The van der Waals surface area contributed by atoms with Gasteiger partial charge in [0.15, 0.2) is 0 Å². The van der Waals surface area contributed by atoms with Crippen LogP contribution in [-0.2, 0) is 31.6 Å². The second kappa shape index (κ2) is 12.1. The lowest BCUT2D eigenvalue weighted by atomic mass is 9.36. The summed E-state index contributed by atoms with van der Waals surface area (Å²) in [5.74, 6) is 3.65. The molecule has 4 aliphatic carbocycles. The minimum Gasteiger partial charge on any atom is -0.369 e. The van der Waals surface area contributed by atoms with Crippen LogP contribution in [0.25, 0.3) is 10.9 Å². The van der Waals surface area contributed by atoms with Crippen LogP contribution in [0.3, 0.4) is 0 Å². The number of carbonyl (C=O) groups is 2. The van der Waals surface area contributed by atoms with Crippen LogP contribution in [0.1, 0.15) is 208 Å². The van der Waals surface area contributed by atoms with Gasteiger partial charge in [-0.25, -0.2) is 0 Å². The molecule has 3 fully saturated rings. The minimum absolute atomic E-state index is 0.0289. The number of ether oxygens (including phenoxy) is 1. The smallest absolute Gasteiger partial charge is 0.133 e. The molecule has 1 aromatic heterocycles. The van der Waals surface area contributed by atoms with Gasteiger partial charge >= 0.3 is 0 Å². The van der Waals surface area contributed by atoms with Crippen LogP contribution in [-0.4, -0.2) is 27.8 Å². The van der Waals surface area contributed by atoms with E-state index in [-0.39, 0.29) is 50.0 Å². The number of aldehydes is 1. The van der Waals surface area contributed by atoms with E-state index in [4.69, 9.17) is 4.74 Å². The molecule has 2 aliphatic heterocycles. The number of rotatable bonds is 8. The zero-order chi connectivity index (χ0) is 40.4. The molecule has 0 bridgehead atoms. The molecule has 2 saturated carbocycles. The van der Waals surface area contributed by atoms with Gasteiger partial charge in [-0.05, 0) is 166 Å². The van der Waals surface area contributed by atoms with Crippen LogP contribution < -0.4 is 0 Å². The molecule has 55 heavy (non-hydrogen) atoms. The number of hydrogen-bond donors (Lipinski definition) is 0. The maximum Gasteiger partial charge on any atom is 0.133 e. The number of Topliss-reactive ketones (excluding diaryl/α,β-unsaturated/α-hetero) is 1. The Kier molecular flexibility index (Phi) is 8.75. The van der Waals surface area contributed by atoms with Crippen LogP contribution in [0.2, 0.25) is 0 Å². The standard InChI is InChI=1S/C51H77NO3/c1-28(2)43-47(10,11)41-39-30(4)40-37(27-46(8,9)55-48(40,12)13)34(39)25-35-36-24-33-17-18-38-49(14,51(33,16)44(36)52(43)42(35)41)21-20-45(6,7)50(38,15)26-29(3)23-32(19-22-53)31(5)54/h22,25,28-30,32-33,37-38,40,43H,17-21,23-24,26-27H2,1-16H3. The largest absolute Gasteiger partial charge is 0.369 e. The predicted octanol–water partition coefficient (Wildman–Crippen LogP) is 12.8. The molecule has 1 saturated heterocycles. The molecule has 1 aromatic carbocycles. The topological polar surface area (TPSA) is 48.3 Å². The van der Waals surface area contributed by atoms with Crippen molar-refractivity contribution in [1.29, 1.82) is 0 Å². The van der Waals surface area contributed by atoms with E-state index in [9.17, 15) is 9.59 Å². The number of carbonyl (C=O) groups excluding carboxylic acids is 2. The fourth-order valence-corrected chi connectivity index (χ4v) is 16.9. The second-order valence-electron chi connectivity index (χ2n) is 24.1. The normalized spacial score (nSPS) is 39.6. The maximum absolute atomic E-state index is 12.6. The SMILES string of the molecule is CC(=O)C(CC=O)CC(C)CC1(C)C2CCC3Cc4c(n5c6c(c7c(cc46)C4CC(C)(C)OC(C)(C)C4C7C)C(C)(C)C5C(C)C)C3(C)C2(C)CCC1(C)C. The van der Waals surface area contributed by atoms with Gasteiger partial charge in [0.05, 0.1) is 16.7 Å². The number of aromatic nitrogens is 1. The molecule has 4 heteroatoms.